The Bertz CT molecular complexity index is 644. The number of halogens is 1. The summed E-state index contributed by atoms with van der Waals surface area (Å²) < 4.78 is 27.7. The van der Waals surface area contributed by atoms with Gasteiger partial charge in [-0.1, -0.05) is 19.8 Å². The van der Waals surface area contributed by atoms with E-state index in [0.29, 0.717) is 22.9 Å². The van der Waals surface area contributed by atoms with Crippen LogP contribution in [0.5, 0.6) is 0 Å². The topological polar surface area (TPSA) is 83.5 Å². The number of hydrogen-bond donors (Lipinski definition) is 2. The second-order valence-electron chi connectivity index (χ2n) is 5.47. The van der Waals surface area contributed by atoms with E-state index in [2.05, 4.69) is 27.6 Å². The Morgan fingerprint density at radius 1 is 1.43 bits per heavy atom. The Labute approximate surface area is 132 Å². The summed E-state index contributed by atoms with van der Waals surface area (Å²) in [6.45, 7) is 2.53. The van der Waals surface area contributed by atoms with Gasteiger partial charge in [-0.25, -0.2) is 17.9 Å². The normalized spacial score (nSPS) is 22.4. The van der Waals surface area contributed by atoms with Crippen LogP contribution in [0.15, 0.2) is 27.6 Å². The van der Waals surface area contributed by atoms with Crippen LogP contribution in [0.25, 0.3) is 0 Å². The molecule has 21 heavy (non-hydrogen) atoms. The van der Waals surface area contributed by atoms with Crippen molar-refractivity contribution in [3.8, 4) is 0 Å². The van der Waals surface area contributed by atoms with Crippen LogP contribution >= 0.6 is 15.9 Å². The molecule has 1 aliphatic carbocycles. The fourth-order valence-electron chi connectivity index (χ4n) is 2.66. The van der Waals surface area contributed by atoms with E-state index < -0.39 is 16.0 Å². The molecule has 0 heterocycles. The zero-order valence-electron chi connectivity index (χ0n) is 11.7. The highest BCUT2D eigenvalue weighted by atomic mass is 79.9. The Morgan fingerprint density at radius 2 is 2.14 bits per heavy atom. The number of carboxylic acid groups (broad SMARTS) is 1. The molecule has 1 saturated carbocycles. The summed E-state index contributed by atoms with van der Waals surface area (Å²) in [5, 5.41) is 8.97. The second kappa shape index (κ2) is 6.46. The molecular weight excluding hydrogens is 358 g/mol. The van der Waals surface area contributed by atoms with Gasteiger partial charge in [0.25, 0.3) is 0 Å². The van der Waals surface area contributed by atoms with Gasteiger partial charge < -0.3 is 5.11 Å². The van der Waals surface area contributed by atoms with Gasteiger partial charge in [0.2, 0.25) is 10.0 Å². The maximum Gasteiger partial charge on any atom is 0.335 e. The first-order chi connectivity index (χ1) is 9.81. The van der Waals surface area contributed by atoms with Crippen molar-refractivity contribution in [1.29, 1.82) is 0 Å². The first-order valence-electron chi connectivity index (χ1n) is 6.84. The van der Waals surface area contributed by atoms with Gasteiger partial charge in [-0.05, 0) is 52.4 Å². The molecule has 1 aromatic carbocycles. The molecule has 1 fully saturated rings. The van der Waals surface area contributed by atoms with Gasteiger partial charge in [0, 0.05) is 11.0 Å². The molecule has 5 nitrogen and oxygen atoms in total. The average Bonchev–Trinajstić information content (AvgIpc) is 2.82. The summed E-state index contributed by atoms with van der Waals surface area (Å²) in [6, 6.07) is 3.98. The molecule has 0 spiro atoms. The lowest BCUT2D eigenvalue weighted by Crippen LogP contribution is -2.30. The van der Waals surface area contributed by atoms with E-state index in [0.717, 1.165) is 19.3 Å². The Hall–Kier alpha value is -0.920. The van der Waals surface area contributed by atoms with E-state index in [4.69, 9.17) is 5.11 Å². The summed E-state index contributed by atoms with van der Waals surface area (Å²) >= 11 is 3.17. The molecule has 0 radical (unpaired) electrons. The van der Waals surface area contributed by atoms with Crippen LogP contribution in [0.4, 0.5) is 0 Å². The molecule has 2 N–H and O–H groups in total. The molecule has 2 atom stereocenters. The molecule has 0 amide bonds. The number of aromatic carboxylic acids is 1. The molecule has 0 saturated heterocycles. The van der Waals surface area contributed by atoms with Gasteiger partial charge in [-0.15, -0.1) is 0 Å². The number of hydrogen-bond acceptors (Lipinski definition) is 3. The summed E-state index contributed by atoms with van der Waals surface area (Å²) in [5.41, 5.74) is -0.0483. The van der Waals surface area contributed by atoms with Crippen molar-refractivity contribution in [1.82, 2.24) is 4.72 Å². The van der Waals surface area contributed by atoms with E-state index in [1.165, 1.54) is 18.2 Å². The SMILES string of the molecule is CC1CCCC1CNS(=O)(=O)c1cc(C(=O)O)ccc1Br. The van der Waals surface area contributed by atoms with Crippen molar-refractivity contribution >= 4 is 31.9 Å². The molecule has 0 bridgehead atoms. The largest absolute Gasteiger partial charge is 0.478 e. The van der Waals surface area contributed by atoms with Crippen molar-refractivity contribution in [2.75, 3.05) is 6.54 Å². The molecule has 0 aromatic heterocycles. The second-order valence-corrected chi connectivity index (χ2v) is 8.06. The maximum atomic E-state index is 12.4. The summed E-state index contributed by atoms with van der Waals surface area (Å²) in [5.74, 6) is -0.286. The number of sulfonamides is 1. The van der Waals surface area contributed by atoms with Crippen molar-refractivity contribution in [3.05, 3.63) is 28.2 Å². The summed E-state index contributed by atoms with van der Waals surface area (Å²) in [6.07, 6.45) is 3.29. The van der Waals surface area contributed by atoms with Crippen molar-refractivity contribution in [3.63, 3.8) is 0 Å². The van der Waals surface area contributed by atoms with Gasteiger partial charge in [0.05, 0.1) is 10.5 Å². The van der Waals surface area contributed by atoms with Crippen LogP contribution in [0.3, 0.4) is 0 Å². The van der Waals surface area contributed by atoms with Gasteiger partial charge in [0.15, 0.2) is 0 Å². The van der Waals surface area contributed by atoms with Crippen molar-refractivity contribution < 1.29 is 18.3 Å². The molecule has 2 unspecified atom stereocenters. The van der Waals surface area contributed by atoms with E-state index in [1.54, 1.807) is 0 Å². The first-order valence-corrected chi connectivity index (χ1v) is 9.11. The average molecular weight is 376 g/mol. The molecule has 116 valence electrons. The lowest BCUT2D eigenvalue weighted by Gasteiger charge is -2.16. The van der Waals surface area contributed by atoms with E-state index in [9.17, 15) is 13.2 Å². The Kier molecular flexibility index (Phi) is 5.06. The Balaban J connectivity index is 2.19. The third-order valence-electron chi connectivity index (χ3n) is 4.04. The van der Waals surface area contributed by atoms with Crippen LogP contribution in [-0.4, -0.2) is 26.0 Å². The van der Waals surface area contributed by atoms with E-state index in [-0.39, 0.29) is 10.5 Å². The quantitative estimate of drug-likeness (QED) is 0.828. The minimum atomic E-state index is -3.72. The smallest absolute Gasteiger partial charge is 0.335 e. The standard InChI is InChI=1S/C14H18BrNO4S/c1-9-3-2-4-11(9)8-16-21(19,20)13-7-10(14(17)18)5-6-12(13)15/h5-7,9,11,16H,2-4,8H2,1H3,(H,17,18). The predicted octanol–water partition coefficient (Wildman–Crippen LogP) is 2.86. The number of carbonyl (C=O) groups is 1. The van der Waals surface area contributed by atoms with Crippen LogP contribution in [0, 0.1) is 11.8 Å². The number of nitrogens with one attached hydrogen (secondary N) is 1. The molecule has 0 aliphatic heterocycles. The van der Waals surface area contributed by atoms with Gasteiger partial charge in [-0.2, -0.15) is 0 Å². The highest BCUT2D eigenvalue weighted by molar-refractivity contribution is 9.10. The highest BCUT2D eigenvalue weighted by Gasteiger charge is 2.26. The number of benzene rings is 1. The fraction of sp³-hybridized carbons (Fsp3) is 0.500. The zero-order valence-corrected chi connectivity index (χ0v) is 14.1. The lowest BCUT2D eigenvalue weighted by molar-refractivity contribution is 0.0696. The maximum absolute atomic E-state index is 12.4. The zero-order chi connectivity index (χ0) is 15.6. The molecule has 1 aliphatic rings. The predicted molar refractivity (Wildman–Crippen MR) is 82.8 cm³/mol. The van der Waals surface area contributed by atoms with E-state index in [1.807, 2.05) is 0 Å². The van der Waals surface area contributed by atoms with Gasteiger partial charge >= 0.3 is 5.97 Å². The number of rotatable bonds is 5. The minimum Gasteiger partial charge on any atom is -0.478 e. The summed E-state index contributed by atoms with van der Waals surface area (Å²) in [4.78, 5) is 10.9. The lowest BCUT2D eigenvalue weighted by atomic mass is 9.99. The molecular formula is C14H18BrNO4S. The third kappa shape index (κ3) is 3.84. The highest BCUT2D eigenvalue weighted by Crippen LogP contribution is 2.31. The van der Waals surface area contributed by atoms with Crippen LogP contribution in [-0.2, 0) is 10.0 Å². The van der Waals surface area contributed by atoms with Gasteiger partial charge in [0.1, 0.15) is 0 Å². The fourth-order valence-corrected chi connectivity index (χ4v) is 4.74. The summed E-state index contributed by atoms with van der Waals surface area (Å²) in [7, 11) is -3.72. The Morgan fingerprint density at radius 3 is 2.71 bits per heavy atom. The molecule has 2 rings (SSSR count). The van der Waals surface area contributed by atoms with Crippen molar-refractivity contribution in [2.24, 2.45) is 11.8 Å². The first kappa shape index (κ1) is 16.5. The van der Waals surface area contributed by atoms with Crippen LogP contribution < -0.4 is 4.72 Å². The van der Waals surface area contributed by atoms with Crippen molar-refractivity contribution in [2.45, 2.75) is 31.1 Å². The van der Waals surface area contributed by atoms with E-state index >= 15 is 0 Å². The minimum absolute atomic E-state index is 0.0342. The number of carboxylic acids is 1. The molecule has 7 heteroatoms. The van der Waals surface area contributed by atoms with Crippen LogP contribution in [0.2, 0.25) is 0 Å². The monoisotopic (exact) mass is 375 g/mol. The van der Waals surface area contributed by atoms with Crippen LogP contribution in [0.1, 0.15) is 36.5 Å². The van der Waals surface area contributed by atoms with Gasteiger partial charge in [-0.3, -0.25) is 0 Å². The molecule has 1 aromatic rings. The third-order valence-corrected chi connectivity index (χ3v) is 6.46.